The van der Waals surface area contributed by atoms with Gasteiger partial charge in [-0.1, -0.05) is 24.4 Å². The lowest BCUT2D eigenvalue weighted by Gasteiger charge is -2.24. The van der Waals surface area contributed by atoms with Gasteiger partial charge in [-0.05, 0) is 32.8 Å². The third-order valence-electron chi connectivity index (χ3n) is 4.70. The fourth-order valence-electron chi connectivity index (χ4n) is 3.44. The minimum atomic E-state index is -0.142. The molecule has 0 aliphatic heterocycles. The van der Waals surface area contributed by atoms with Gasteiger partial charge in [0.15, 0.2) is 0 Å². The number of aliphatic hydroxyl groups excluding tert-OH is 1. The molecule has 2 N–H and O–H groups in total. The monoisotopic (exact) mass is 317 g/mol. The fourth-order valence-corrected chi connectivity index (χ4v) is 3.44. The highest BCUT2D eigenvalue weighted by Crippen LogP contribution is 2.25. The van der Waals surface area contributed by atoms with Gasteiger partial charge in [-0.15, -0.1) is 0 Å². The predicted molar refractivity (Wildman–Crippen MR) is 86.2 cm³/mol. The van der Waals surface area contributed by atoms with E-state index in [2.05, 4.69) is 15.5 Å². The number of fused-ring (bicyclic) bond motifs is 1. The van der Waals surface area contributed by atoms with Gasteiger partial charge in [-0.3, -0.25) is 4.79 Å². The lowest BCUT2D eigenvalue weighted by atomic mass is 9.95. The molecule has 3 rings (SSSR count). The molecular formula is C17H23N3O3. The van der Waals surface area contributed by atoms with Crippen LogP contribution in [0.25, 0.3) is 11.1 Å². The number of aryl methyl sites for hydroxylation is 2. The second kappa shape index (κ2) is 6.66. The van der Waals surface area contributed by atoms with Crippen molar-refractivity contribution in [3.05, 3.63) is 23.0 Å². The quantitative estimate of drug-likeness (QED) is 0.849. The summed E-state index contributed by atoms with van der Waals surface area (Å²) in [5, 5.41) is 17.3. The zero-order chi connectivity index (χ0) is 16.4. The number of aliphatic hydroxyl groups is 1. The average molecular weight is 317 g/mol. The SMILES string of the molecule is Cc1cc(C(=O)NC2CCCCCC2CO)c2c(C)noc2n1. The van der Waals surface area contributed by atoms with Gasteiger partial charge in [-0.2, -0.15) is 0 Å². The highest BCUT2D eigenvalue weighted by atomic mass is 16.5. The number of carbonyl (C=O) groups excluding carboxylic acids is 1. The Balaban J connectivity index is 1.89. The van der Waals surface area contributed by atoms with Crippen LogP contribution < -0.4 is 5.32 Å². The van der Waals surface area contributed by atoms with Crippen LogP contribution in [0.2, 0.25) is 0 Å². The van der Waals surface area contributed by atoms with E-state index in [1.165, 1.54) is 0 Å². The summed E-state index contributed by atoms with van der Waals surface area (Å²) in [6.45, 7) is 3.75. The van der Waals surface area contributed by atoms with E-state index in [-0.39, 0.29) is 24.5 Å². The molecular weight excluding hydrogens is 294 g/mol. The molecule has 1 amide bonds. The van der Waals surface area contributed by atoms with Gasteiger partial charge in [-0.25, -0.2) is 4.98 Å². The van der Waals surface area contributed by atoms with E-state index >= 15 is 0 Å². The van der Waals surface area contributed by atoms with E-state index in [0.717, 1.165) is 37.8 Å². The van der Waals surface area contributed by atoms with Crippen molar-refractivity contribution in [2.75, 3.05) is 6.61 Å². The molecule has 2 atom stereocenters. The van der Waals surface area contributed by atoms with Crippen LogP contribution >= 0.6 is 0 Å². The molecule has 2 aromatic heterocycles. The number of rotatable bonds is 3. The van der Waals surface area contributed by atoms with Gasteiger partial charge in [0.05, 0.1) is 16.6 Å². The van der Waals surface area contributed by atoms with Crippen LogP contribution in [0.15, 0.2) is 10.6 Å². The van der Waals surface area contributed by atoms with Crippen molar-refractivity contribution in [1.29, 1.82) is 0 Å². The van der Waals surface area contributed by atoms with E-state index in [0.29, 0.717) is 22.4 Å². The highest BCUT2D eigenvalue weighted by molar-refractivity contribution is 6.06. The Kier molecular flexibility index (Phi) is 4.61. The normalized spacial score (nSPS) is 22.0. The lowest BCUT2D eigenvalue weighted by molar-refractivity contribution is 0.0901. The van der Waals surface area contributed by atoms with Crippen molar-refractivity contribution in [3.63, 3.8) is 0 Å². The van der Waals surface area contributed by atoms with Gasteiger partial charge in [0.2, 0.25) is 0 Å². The molecule has 0 aromatic carbocycles. The lowest BCUT2D eigenvalue weighted by Crippen LogP contribution is -2.41. The topological polar surface area (TPSA) is 88.2 Å². The first kappa shape index (κ1) is 15.9. The van der Waals surface area contributed by atoms with Gasteiger partial charge in [0.25, 0.3) is 11.6 Å². The first-order valence-electron chi connectivity index (χ1n) is 8.25. The third kappa shape index (κ3) is 3.22. The summed E-state index contributed by atoms with van der Waals surface area (Å²) in [6, 6.07) is 1.78. The van der Waals surface area contributed by atoms with E-state index in [1.807, 2.05) is 13.8 Å². The van der Waals surface area contributed by atoms with E-state index in [4.69, 9.17) is 4.52 Å². The molecule has 1 saturated carbocycles. The molecule has 1 aliphatic carbocycles. The smallest absolute Gasteiger partial charge is 0.258 e. The molecule has 6 nitrogen and oxygen atoms in total. The minimum absolute atomic E-state index is 0.0127. The van der Waals surface area contributed by atoms with Crippen LogP contribution in [0, 0.1) is 19.8 Å². The van der Waals surface area contributed by atoms with Crippen molar-refractivity contribution >= 4 is 17.0 Å². The van der Waals surface area contributed by atoms with Crippen LogP contribution in [-0.4, -0.2) is 33.8 Å². The van der Waals surface area contributed by atoms with Crippen molar-refractivity contribution in [1.82, 2.24) is 15.5 Å². The Morgan fingerprint density at radius 1 is 1.35 bits per heavy atom. The summed E-state index contributed by atoms with van der Waals surface area (Å²) in [7, 11) is 0. The average Bonchev–Trinajstić information content (AvgIpc) is 2.76. The van der Waals surface area contributed by atoms with Gasteiger partial charge in [0.1, 0.15) is 0 Å². The second-order valence-electron chi connectivity index (χ2n) is 6.42. The number of nitrogens with one attached hydrogen (secondary N) is 1. The summed E-state index contributed by atoms with van der Waals surface area (Å²) in [6.07, 6.45) is 5.22. The molecule has 2 heterocycles. The van der Waals surface area contributed by atoms with Crippen LogP contribution in [0.5, 0.6) is 0 Å². The zero-order valence-corrected chi connectivity index (χ0v) is 13.6. The minimum Gasteiger partial charge on any atom is -0.396 e. The van der Waals surface area contributed by atoms with Crippen molar-refractivity contribution in [2.45, 2.75) is 52.0 Å². The Labute approximate surface area is 135 Å². The highest BCUT2D eigenvalue weighted by Gasteiger charge is 2.26. The number of amides is 1. The standard InChI is InChI=1S/C17H23N3O3/c1-10-8-13(15-11(2)20-23-17(15)18-10)16(22)19-14-7-5-3-4-6-12(14)9-21/h8,12,14,21H,3-7,9H2,1-2H3,(H,19,22). The van der Waals surface area contributed by atoms with E-state index < -0.39 is 0 Å². The zero-order valence-electron chi connectivity index (χ0n) is 13.6. The van der Waals surface area contributed by atoms with E-state index in [1.54, 1.807) is 6.07 Å². The van der Waals surface area contributed by atoms with Crippen LogP contribution in [-0.2, 0) is 0 Å². The van der Waals surface area contributed by atoms with E-state index in [9.17, 15) is 9.90 Å². The number of hydrogen-bond donors (Lipinski definition) is 2. The first-order chi connectivity index (χ1) is 11.1. The molecule has 124 valence electrons. The molecule has 23 heavy (non-hydrogen) atoms. The van der Waals surface area contributed by atoms with Crippen LogP contribution in [0.1, 0.15) is 53.8 Å². The molecule has 6 heteroatoms. The maximum absolute atomic E-state index is 12.8. The van der Waals surface area contributed by atoms with Gasteiger partial charge < -0.3 is 14.9 Å². The molecule has 1 aliphatic rings. The number of carbonyl (C=O) groups is 1. The molecule has 0 spiro atoms. The Bertz CT molecular complexity index is 710. The van der Waals surface area contributed by atoms with Crippen LogP contribution in [0.3, 0.4) is 0 Å². The maximum Gasteiger partial charge on any atom is 0.258 e. The van der Waals surface area contributed by atoms with Gasteiger partial charge >= 0.3 is 0 Å². The Hall–Kier alpha value is -1.95. The summed E-state index contributed by atoms with van der Waals surface area (Å²) < 4.78 is 5.19. The first-order valence-corrected chi connectivity index (χ1v) is 8.25. The van der Waals surface area contributed by atoms with Crippen molar-refractivity contribution in [3.8, 4) is 0 Å². The number of hydrogen-bond acceptors (Lipinski definition) is 5. The molecule has 0 bridgehead atoms. The summed E-state index contributed by atoms with van der Waals surface area (Å²) in [5.74, 6) is -0.0133. The second-order valence-corrected chi connectivity index (χ2v) is 6.42. The third-order valence-corrected chi connectivity index (χ3v) is 4.70. The summed E-state index contributed by atoms with van der Waals surface area (Å²) in [5.41, 5.74) is 2.33. The predicted octanol–water partition coefficient (Wildman–Crippen LogP) is 2.51. The molecule has 1 fully saturated rings. The largest absolute Gasteiger partial charge is 0.396 e. The fraction of sp³-hybridized carbons (Fsp3) is 0.588. The summed E-state index contributed by atoms with van der Waals surface area (Å²) >= 11 is 0. The van der Waals surface area contributed by atoms with Crippen molar-refractivity contribution < 1.29 is 14.4 Å². The molecule has 2 unspecified atom stereocenters. The maximum atomic E-state index is 12.8. The van der Waals surface area contributed by atoms with Crippen LogP contribution in [0.4, 0.5) is 0 Å². The van der Waals surface area contributed by atoms with Crippen molar-refractivity contribution in [2.24, 2.45) is 5.92 Å². The van der Waals surface area contributed by atoms with Gasteiger partial charge in [0, 0.05) is 24.3 Å². The number of aromatic nitrogens is 2. The molecule has 0 radical (unpaired) electrons. The number of nitrogens with zero attached hydrogens (tertiary/aromatic N) is 2. The molecule has 0 saturated heterocycles. The molecule has 2 aromatic rings. The Morgan fingerprint density at radius 2 is 2.13 bits per heavy atom. The summed E-state index contributed by atoms with van der Waals surface area (Å²) in [4.78, 5) is 17.1. The number of pyridine rings is 1. The Morgan fingerprint density at radius 3 is 2.91 bits per heavy atom.